The Morgan fingerprint density at radius 1 is 1.78 bits per heavy atom. The zero-order chi connectivity index (χ0) is 7.28. The van der Waals surface area contributed by atoms with Gasteiger partial charge in [0.15, 0.2) is 0 Å². The first-order valence-corrected chi connectivity index (χ1v) is 2.37. The van der Waals surface area contributed by atoms with Crippen molar-refractivity contribution in [2.24, 2.45) is 5.84 Å². The largest absolute Gasteiger partial charge is 0.464 e. The van der Waals surface area contributed by atoms with Crippen molar-refractivity contribution in [2.75, 3.05) is 6.54 Å². The van der Waals surface area contributed by atoms with E-state index in [1.54, 1.807) is 0 Å². The van der Waals surface area contributed by atoms with E-state index in [0.717, 1.165) is 0 Å². The zero-order valence-corrected chi connectivity index (χ0v) is 4.78. The fourth-order valence-corrected chi connectivity index (χ4v) is 0.287. The number of rotatable bonds is 3. The molecule has 0 aliphatic heterocycles. The van der Waals surface area contributed by atoms with Gasteiger partial charge in [-0.2, -0.15) is 0 Å². The highest BCUT2D eigenvalue weighted by Crippen LogP contribution is 1.80. The average molecular weight is 132 g/mol. The summed E-state index contributed by atoms with van der Waals surface area (Å²) in [5.74, 6) is 4.88. The van der Waals surface area contributed by atoms with Crippen molar-refractivity contribution in [3.8, 4) is 0 Å². The van der Waals surface area contributed by atoms with Gasteiger partial charge in [0.25, 0.3) is 0 Å². The number of amides is 1. The molecule has 3 N–H and O–H groups in total. The molecule has 0 aliphatic rings. The van der Waals surface area contributed by atoms with E-state index >= 15 is 0 Å². The van der Waals surface area contributed by atoms with E-state index in [2.05, 4.69) is 0 Å². The molecule has 9 heavy (non-hydrogen) atoms. The number of nitrogens with zero attached hydrogens (tertiary/aromatic N) is 1. The van der Waals surface area contributed by atoms with Crippen LogP contribution in [-0.4, -0.2) is 29.0 Å². The molecule has 0 saturated heterocycles. The lowest BCUT2D eigenvalue weighted by atomic mass is 10.5. The van der Waals surface area contributed by atoms with Crippen molar-refractivity contribution >= 4 is 12.4 Å². The van der Waals surface area contributed by atoms with Crippen LogP contribution in [0.3, 0.4) is 0 Å². The lowest BCUT2D eigenvalue weighted by Gasteiger charge is -2.08. The molecule has 0 atom stereocenters. The highest BCUT2D eigenvalue weighted by Gasteiger charge is 2.02. The molecule has 0 heterocycles. The summed E-state index contributed by atoms with van der Waals surface area (Å²) in [5.41, 5.74) is 0. The minimum Gasteiger partial charge on any atom is -0.464 e. The number of hydrazine groups is 1. The van der Waals surface area contributed by atoms with Crippen LogP contribution < -0.4 is 5.84 Å². The fraction of sp³-hybridized carbons (Fsp3) is 0.500. The standard InChI is InChI=1S/C4H8N2O3/c5-6(4(8)9)2-1-3-7/h3H,1-2,5H2,(H,8,9). The molecular formula is C4H8N2O3. The molecule has 0 aliphatic carbocycles. The van der Waals surface area contributed by atoms with Gasteiger partial charge in [0.05, 0.1) is 0 Å². The van der Waals surface area contributed by atoms with E-state index in [4.69, 9.17) is 10.9 Å². The molecule has 5 heteroatoms. The highest BCUT2D eigenvalue weighted by atomic mass is 16.4. The quantitative estimate of drug-likeness (QED) is 0.233. The van der Waals surface area contributed by atoms with Gasteiger partial charge in [0.2, 0.25) is 0 Å². The monoisotopic (exact) mass is 132 g/mol. The molecule has 0 radical (unpaired) electrons. The van der Waals surface area contributed by atoms with Crippen molar-refractivity contribution in [2.45, 2.75) is 6.42 Å². The van der Waals surface area contributed by atoms with Crippen LogP contribution in [0.1, 0.15) is 6.42 Å². The second-order valence-corrected chi connectivity index (χ2v) is 1.43. The van der Waals surface area contributed by atoms with Crippen LogP contribution in [0.2, 0.25) is 0 Å². The summed E-state index contributed by atoms with van der Waals surface area (Å²) in [4.78, 5) is 19.5. The predicted octanol–water partition coefficient (Wildman–Crippen LogP) is -0.571. The molecule has 0 bridgehead atoms. The molecule has 5 nitrogen and oxygen atoms in total. The Hall–Kier alpha value is -1.10. The number of carbonyl (C=O) groups is 2. The lowest BCUT2D eigenvalue weighted by Crippen LogP contribution is -2.36. The number of aldehydes is 1. The maximum atomic E-state index is 9.89. The topological polar surface area (TPSA) is 83.6 Å². The van der Waals surface area contributed by atoms with Crippen LogP contribution in [0.25, 0.3) is 0 Å². The molecule has 0 aromatic carbocycles. The van der Waals surface area contributed by atoms with E-state index in [1.807, 2.05) is 0 Å². The third-order valence-corrected chi connectivity index (χ3v) is 0.734. The van der Waals surface area contributed by atoms with Crippen molar-refractivity contribution in [3.05, 3.63) is 0 Å². The van der Waals surface area contributed by atoms with Gasteiger partial charge < -0.3 is 9.90 Å². The summed E-state index contributed by atoms with van der Waals surface area (Å²) in [6, 6.07) is 0. The maximum Gasteiger partial charge on any atom is 0.421 e. The van der Waals surface area contributed by atoms with Gasteiger partial charge >= 0.3 is 6.09 Å². The maximum absolute atomic E-state index is 9.89. The molecule has 0 rings (SSSR count). The minimum absolute atomic E-state index is 0.0544. The normalized spacial score (nSPS) is 8.56. The molecule has 0 unspecified atom stereocenters. The SMILES string of the molecule is NN(CCC=O)C(=O)O. The number of hydrogen-bond donors (Lipinski definition) is 2. The molecule has 0 saturated carbocycles. The smallest absolute Gasteiger partial charge is 0.421 e. The molecular weight excluding hydrogens is 124 g/mol. The Labute approximate surface area is 52.0 Å². The van der Waals surface area contributed by atoms with Crippen LogP contribution in [0.15, 0.2) is 0 Å². The molecule has 1 amide bonds. The van der Waals surface area contributed by atoms with Gasteiger partial charge in [-0.15, -0.1) is 0 Å². The van der Waals surface area contributed by atoms with E-state index in [-0.39, 0.29) is 13.0 Å². The minimum atomic E-state index is -1.23. The molecule has 0 aromatic rings. The van der Waals surface area contributed by atoms with Crippen molar-refractivity contribution in [1.82, 2.24) is 5.01 Å². The summed E-state index contributed by atoms with van der Waals surface area (Å²) < 4.78 is 0. The van der Waals surface area contributed by atoms with E-state index in [9.17, 15) is 9.59 Å². The van der Waals surface area contributed by atoms with Gasteiger partial charge in [0, 0.05) is 13.0 Å². The van der Waals surface area contributed by atoms with E-state index in [1.165, 1.54) is 0 Å². The van der Waals surface area contributed by atoms with Crippen molar-refractivity contribution in [3.63, 3.8) is 0 Å². The van der Waals surface area contributed by atoms with Gasteiger partial charge in [0.1, 0.15) is 6.29 Å². The van der Waals surface area contributed by atoms with E-state index in [0.29, 0.717) is 11.3 Å². The van der Waals surface area contributed by atoms with Crippen molar-refractivity contribution < 1.29 is 14.7 Å². The third kappa shape index (κ3) is 3.48. The Balaban J connectivity index is 3.37. The van der Waals surface area contributed by atoms with Crippen LogP contribution in [0, 0.1) is 0 Å². The second-order valence-electron chi connectivity index (χ2n) is 1.43. The molecule has 0 aromatic heterocycles. The van der Waals surface area contributed by atoms with Gasteiger partial charge in [-0.25, -0.2) is 15.6 Å². The van der Waals surface area contributed by atoms with Gasteiger partial charge in [-0.3, -0.25) is 0 Å². The zero-order valence-electron chi connectivity index (χ0n) is 4.78. The predicted molar refractivity (Wildman–Crippen MR) is 29.6 cm³/mol. The van der Waals surface area contributed by atoms with Crippen LogP contribution in [-0.2, 0) is 4.79 Å². The number of hydrogen-bond acceptors (Lipinski definition) is 3. The first-order valence-electron chi connectivity index (χ1n) is 2.37. The third-order valence-electron chi connectivity index (χ3n) is 0.734. The molecule has 0 fully saturated rings. The van der Waals surface area contributed by atoms with Crippen LogP contribution in [0.5, 0.6) is 0 Å². The number of nitrogens with two attached hydrogens (primary N) is 1. The lowest BCUT2D eigenvalue weighted by molar-refractivity contribution is -0.108. The summed E-state index contributed by atoms with van der Waals surface area (Å²) in [6.07, 6.45) is -0.470. The Kier molecular flexibility index (Phi) is 3.38. The van der Waals surface area contributed by atoms with E-state index < -0.39 is 6.09 Å². The van der Waals surface area contributed by atoms with Crippen LogP contribution >= 0.6 is 0 Å². The van der Waals surface area contributed by atoms with Crippen molar-refractivity contribution in [1.29, 1.82) is 0 Å². The van der Waals surface area contributed by atoms with Gasteiger partial charge in [-0.1, -0.05) is 0 Å². The molecule has 0 spiro atoms. The average Bonchev–Trinajstić information content (AvgIpc) is 1.82. The van der Waals surface area contributed by atoms with Crippen LogP contribution in [0.4, 0.5) is 4.79 Å². The summed E-state index contributed by atoms with van der Waals surface area (Å²) >= 11 is 0. The van der Waals surface area contributed by atoms with Gasteiger partial charge in [-0.05, 0) is 0 Å². The Morgan fingerprint density at radius 3 is 2.67 bits per heavy atom. The summed E-state index contributed by atoms with van der Waals surface area (Å²) in [7, 11) is 0. The number of carbonyl (C=O) groups excluding carboxylic acids is 1. The first kappa shape index (κ1) is 7.90. The first-order chi connectivity index (χ1) is 4.18. The Bertz CT molecular complexity index is 114. The second kappa shape index (κ2) is 3.85. The summed E-state index contributed by atoms with van der Waals surface area (Å²) in [6.45, 7) is 0.0544. The Morgan fingerprint density at radius 2 is 2.33 bits per heavy atom. The summed E-state index contributed by atoms with van der Waals surface area (Å²) in [5, 5.41) is 8.66. The molecule has 52 valence electrons. The highest BCUT2D eigenvalue weighted by molar-refractivity contribution is 5.64. The fourth-order valence-electron chi connectivity index (χ4n) is 0.287. The number of carboxylic acid groups (broad SMARTS) is 1.